The first kappa shape index (κ1) is 15.3. The summed E-state index contributed by atoms with van der Waals surface area (Å²) >= 11 is 0. The molecule has 0 fully saturated rings. The maximum absolute atomic E-state index is 4.70. The second kappa shape index (κ2) is 7.07. The molecule has 1 aromatic heterocycles. The van der Waals surface area contributed by atoms with Crippen molar-refractivity contribution in [2.45, 2.75) is 33.1 Å². The Bertz CT molecular complexity index is 628. The lowest BCUT2D eigenvalue weighted by Gasteiger charge is -2.05. The third kappa shape index (κ3) is 3.94. The van der Waals surface area contributed by atoms with Gasteiger partial charge in [0.1, 0.15) is 5.82 Å². The normalized spacial score (nSPS) is 12.0. The molecule has 0 aliphatic carbocycles. The minimum atomic E-state index is 0.563. The molecule has 0 radical (unpaired) electrons. The number of benzene rings is 1. The predicted molar refractivity (Wildman–Crippen MR) is 91.2 cm³/mol. The van der Waals surface area contributed by atoms with Crippen LogP contribution in [0.15, 0.2) is 48.7 Å². The lowest BCUT2D eigenvalue weighted by molar-refractivity contribution is 0.867. The van der Waals surface area contributed by atoms with Crippen molar-refractivity contribution < 1.29 is 0 Å². The Morgan fingerprint density at radius 2 is 1.86 bits per heavy atom. The fraction of sp³-hybridized carbons (Fsp3) is 0.316. The standard InChI is InChI=1S/C19H24N2/c1-5-6-7-8-9-19-20-18(14-21(19)4)17-12-10-16(11-13-17)15(2)3/h5-6,8-15H,7H2,1-4H3/b6-5-,9-8+. The van der Waals surface area contributed by atoms with Gasteiger partial charge in [-0.1, -0.05) is 56.3 Å². The smallest absolute Gasteiger partial charge is 0.132 e. The molecule has 0 saturated heterocycles. The van der Waals surface area contributed by atoms with Gasteiger partial charge in [0.25, 0.3) is 0 Å². The summed E-state index contributed by atoms with van der Waals surface area (Å²) in [6.07, 6.45) is 11.4. The molecule has 0 saturated carbocycles. The van der Waals surface area contributed by atoms with Crippen LogP contribution in [0.1, 0.15) is 44.5 Å². The van der Waals surface area contributed by atoms with Gasteiger partial charge in [-0.05, 0) is 30.9 Å². The first-order valence-corrected chi connectivity index (χ1v) is 7.53. The van der Waals surface area contributed by atoms with Gasteiger partial charge >= 0.3 is 0 Å². The molecule has 1 aromatic carbocycles. The zero-order valence-corrected chi connectivity index (χ0v) is 13.4. The van der Waals surface area contributed by atoms with Crippen molar-refractivity contribution in [1.29, 1.82) is 0 Å². The molecular formula is C19H24N2. The highest BCUT2D eigenvalue weighted by molar-refractivity contribution is 5.61. The van der Waals surface area contributed by atoms with Gasteiger partial charge in [0.2, 0.25) is 0 Å². The van der Waals surface area contributed by atoms with E-state index in [2.05, 4.69) is 73.2 Å². The lowest BCUT2D eigenvalue weighted by Crippen LogP contribution is -1.88. The van der Waals surface area contributed by atoms with Crippen LogP contribution in [0.4, 0.5) is 0 Å². The van der Waals surface area contributed by atoms with Gasteiger partial charge < -0.3 is 4.57 Å². The highest BCUT2D eigenvalue weighted by Crippen LogP contribution is 2.22. The van der Waals surface area contributed by atoms with Gasteiger partial charge in [-0.15, -0.1) is 0 Å². The van der Waals surface area contributed by atoms with Crippen LogP contribution < -0.4 is 0 Å². The maximum Gasteiger partial charge on any atom is 0.132 e. The Balaban J connectivity index is 2.19. The summed E-state index contributed by atoms with van der Waals surface area (Å²) < 4.78 is 2.07. The molecule has 2 aromatic rings. The minimum Gasteiger partial charge on any atom is -0.334 e. The van der Waals surface area contributed by atoms with E-state index >= 15 is 0 Å². The molecule has 2 nitrogen and oxygen atoms in total. The highest BCUT2D eigenvalue weighted by Gasteiger charge is 2.06. The molecule has 0 amide bonds. The Kier molecular flexibility index (Phi) is 5.15. The van der Waals surface area contributed by atoms with E-state index in [1.165, 1.54) is 11.1 Å². The van der Waals surface area contributed by atoms with Gasteiger partial charge in [-0.3, -0.25) is 0 Å². The Morgan fingerprint density at radius 3 is 2.48 bits per heavy atom. The third-order valence-electron chi connectivity index (χ3n) is 3.56. The van der Waals surface area contributed by atoms with E-state index in [-0.39, 0.29) is 0 Å². The van der Waals surface area contributed by atoms with Crippen LogP contribution in [-0.4, -0.2) is 9.55 Å². The van der Waals surface area contributed by atoms with Crippen LogP contribution in [0, 0.1) is 0 Å². The van der Waals surface area contributed by atoms with Crippen molar-refractivity contribution in [2.75, 3.05) is 0 Å². The number of hydrogen-bond acceptors (Lipinski definition) is 1. The van der Waals surface area contributed by atoms with E-state index in [0.717, 1.165) is 17.9 Å². The van der Waals surface area contributed by atoms with E-state index < -0.39 is 0 Å². The number of hydrogen-bond donors (Lipinski definition) is 0. The molecule has 0 aliphatic heterocycles. The second-order valence-electron chi connectivity index (χ2n) is 5.58. The molecule has 0 bridgehead atoms. The van der Waals surface area contributed by atoms with Gasteiger partial charge in [0, 0.05) is 18.8 Å². The van der Waals surface area contributed by atoms with Gasteiger partial charge in [0.15, 0.2) is 0 Å². The number of rotatable bonds is 5. The number of imidazole rings is 1. The van der Waals surface area contributed by atoms with Gasteiger partial charge in [-0.2, -0.15) is 0 Å². The monoisotopic (exact) mass is 280 g/mol. The van der Waals surface area contributed by atoms with E-state index in [9.17, 15) is 0 Å². The average Bonchev–Trinajstić information content (AvgIpc) is 2.85. The van der Waals surface area contributed by atoms with Crippen molar-refractivity contribution >= 4 is 6.08 Å². The maximum atomic E-state index is 4.70. The summed E-state index contributed by atoms with van der Waals surface area (Å²) in [5.41, 5.74) is 3.56. The number of aromatic nitrogens is 2. The molecule has 0 spiro atoms. The summed E-state index contributed by atoms with van der Waals surface area (Å²) in [4.78, 5) is 4.70. The summed E-state index contributed by atoms with van der Waals surface area (Å²) in [7, 11) is 2.04. The zero-order chi connectivity index (χ0) is 15.2. The Labute approximate surface area is 127 Å². The third-order valence-corrected chi connectivity index (χ3v) is 3.56. The molecule has 0 atom stereocenters. The van der Waals surface area contributed by atoms with Crippen LogP contribution in [0.3, 0.4) is 0 Å². The van der Waals surface area contributed by atoms with Crippen molar-refractivity contribution in [2.24, 2.45) is 7.05 Å². The van der Waals surface area contributed by atoms with Crippen LogP contribution >= 0.6 is 0 Å². The van der Waals surface area contributed by atoms with E-state index in [1.807, 2.05) is 14.0 Å². The molecule has 0 unspecified atom stereocenters. The molecule has 1 heterocycles. The average molecular weight is 280 g/mol. The van der Waals surface area contributed by atoms with Crippen molar-refractivity contribution in [3.05, 3.63) is 60.1 Å². The van der Waals surface area contributed by atoms with E-state index in [1.54, 1.807) is 0 Å². The molecular weight excluding hydrogens is 256 g/mol. The fourth-order valence-electron chi connectivity index (χ4n) is 2.20. The van der Waals surface area contributed by atoms with Crippen molar-refractivity contribution in [1.82, 2.24) is 9.55 Å². The molecule has 0 aliphatic rings. The van der Waals surface area contributed by atoms with Crippen molar-refractivity contribution in [3.8, 4) is 11.3 Å². The zero-order valence-electron chi connectivity index (χ0n) is 13.4. The van der Waals surface area contributed by atoms with E-state index in [0.29, 0.717) is 5.92 Å². The van der Waals surface area contributed by atoms with Gasteiger partial charge in [0.05, 0.1) is 5.69 Å². The first-order chi connectivity index (χ1) is 10.1. The summed E-state index contributed by atoms with van der Waals surface area (Å²) in [6, 6.07) is 8.70. The Hall–Kier alpha value is -2.09. The minimum absolute atomic E-state index is 0.563. The first-order valence-electron chi connectivity index (χ1n) is 7.53. The number of allylic oxidation sites excluding steroid dienone is 3. The lowest BCUT2D eigenvalue weighted by atomic mass is 10.0. The fourth-order valence-corrected chi connectivity index (χ4v) is 2.20. The molecule has 2 rings (SSSR count). The molecule has 2 heteroatoms. The topological polar surface area (TPSA) is 17.8 Å². The van der Waals surface area contributed by atoms with Crippen LogP contribution in [-0.2, 0) is 7.05 Å². The number of nitrogens with zero attached hydrogens (tertiary/aromatic N) is 2. The van der Waals surface area contributed by atoms with Crippen LogP contribution in [0.2, 0.25) is 0 Å². The number of aryl methyl sites for hydroxylation is 1. The predicted octanol–water partition coefficient (Wildman–Crippen LogP) is 5.19. The molecule has 21 heavy (non-hydrogen) atoms. The van der Waals surface area contributed by atoms with Crippen molar-refractivity contribution in [3.63, 3.8) is 0 Å². The second-order valence-corrected chi connectivity index (χ2v) is 5.58. The highest BCUT2D eigenvalue weighted by atomic mass is 15.0. The van der Waals surface area contributed by atoms with Crippen LogP contribution in [0.25, 0.3) is 17.3 Å². The SMILES string of the molecule is C/C=C\C/C=C/c1nc(-c2ccc(C(C)C)cc2)cn1C. The molecule has 110 valence electrons. The van der Waals surface area contributed by atoms with Crippen LogP contribution in [0.5, 0.6) is 0 Å². The largest absolute Gasteiger partial charge is 0.334 e. The summed E-state index contributed by atoms with van der Waals surface area (Å²) in [5.74, 6) is 1.55. The molecule has 0 N–H and O–H groups in total. The van der Waals surface area contributed by atoms with Gasteiger partial charge in [-0.25, -0.2) is 4.98 Å². The Morgan fingerprint density at radius 1 is 1.14 bits per heavy atom. The summed E-state index contributed by atoms with van der Waals surface area (Å²) in [5, 5.41) is 0. The van der Waals surface area contributed by atoms with E-state index in [4.69, 9.17) is 4.98 Å². The summed E-state index contributed by atoms with van der Waals surface area (Å²) in [6.45, 7) is 6.46. The quantitative estimate of drug-likeness (QED) is 0.689.